The number of nitrogens with zero attached hydrogens (tertiary/aromatic N) is 2. The van der Waals surface area contributed by atoms with Gasteiger partial charge in [-0.25, -0.2) is 0 Å². The Labute approximate surface area is 116 Å². The van der Waals surface area contributed by atoms with E-state index < -0.39 is 0 Å². The molecule has 4 nitrogen and oxygen atoms in total. The molecule has 1 aromatic rings. The predicted octanol–water partition coefficient (Wildman–Crippen LogP) is 3.60. The second kappa shape index (κ2) is 7.04. The van der Waals surface area contributed by atoms with Crippen LogP contribution in [0.4, 0.5) is 0 Å². The number of nitrogens with two attached hydrogens (primary N) is 1. The van der Waals surface area contributed by atoms with Crippen LogP contribution in [0.3, 0.4) is 0 Å². The van der Waals surface area contributed by atoms with Crippen molar-refractivity contribution >= 4 is 0 Å². The minimum absolute atomic E-state index is 0.193. The maximum Gasteiger partial charge on any atom is 0.229 e. The van der Waals surface area contributed by atoms with E-state index in [4.69, 9.17) is 10.3 Å². The molecule has 0 aliphatic heterocycles. The molecule has 19 heavy (non-hydrogen) atoms. The van der Waals surface area contributed by atoms with E-state index in [0.717, 1.165) is 17.6 Å². The van der Waals surface area contributed by atoms with Gasteiger partial charge in [0, 0.05) is 18.4 Å². The normalized spacial score (nSPS) is 25.4. The zero-order valence-electron chi connectivity index (χ0n) is 12.3. The van der Waals surface area contributed by atoms with Crippen LogP contribution in [-0.4, -0.2) is 16.7 Å². The molecule has 1 atom stereocenters. The molecular weight excluding hydrogens is 238 g/mol. The Morgan fingerprint density at radius 3 is 2.68 bits per heavy atom. The fourth-order valence-electron chi connectivity index (χ4n) is 2.91. The van der Waals surface area contributed by atoms with Gasteiger partial charge in [0.1, 0.15) is 0 Å². The van der Waals surface area contributed by atoms with Crippen molar-refractivity contribution < 1.29 is 4.52 Å². The van der Waals surface area contributed by atoms with Crippen LogP contribution < -0.4 is 5.73 Å². The molecule has 0 bridgehead atoms. The van der Waals surface area contributed by atoms with Crippen LogP contribution in [0.2, 0.25) is 0 Å². The minimum Gasteiger partial charge on any atom is -0.339 e. The molecule has 1 saturated carbocycles. The average molecular weight is 265 g/mol. The first-order valence-corrected chi connectivity index (χ1v) is 7.78. The van der Waals surface area contributed by atoms with Crippen LogP contribution in [0.5, 0.6) is 0 Å². The van der Waals surface area contributed by atoms with Crippen LogP contribution >= 0.6 is 0 Å². The minimum atomic E-state index is 0.193. The van der Waals surface area contributed by atoms with Gasteiger partial charge in [-0.3, -0.25) is 0 Å². The highest BCUT2D eigenvalue weighted by Crippen LogP contribution is 2.37. The number of aromatic nitrogens is 2. The van der Waals surface area contributed by atoms with Gasteiger partial charge in [0.2, 0.25) is 5.89 Å². The molecule has 0 aromatic carbocycles. The molecule has 0 radical (unpaired) electrons. The van der Waals surface area contributed by atoms with Gasteiger partial charge in [-0.2, -0.15) is 4.98 Å². The van der Waals surface area contributed by atoms with Gasteiger partial charge >= 0.3 is 0 Å². The highest BCUT2D eigenvalue weighted by atomic mass is 16.5. The first-order chi connectivity index (χ1) is 9.24. The predicted molar refractivity (Wildman–Crippen MR) is 76.0 cm³/mol. The second-order valence-electron chi connectivity index (χ2n) is 5.99. The average Bonchev–Trinajstić information content (AvgIpc) is 2.94. The lowest BCUT2D eigenvalue weighted by Gasteiger charge is -2.26. The molecule has 1 aliphatic carbocycles. The van der Waals surface area contributed by atoms with Crippen LogP contribution in [-0.2, 0) is 0 Å². The summed E-state index contributed by atoms with van der Waals surface area (Å²) in [5.41, 5.74) is 5.63. The number of hydrogen-bond donors (Lipinski definition) is 1. The van der Waals surface area contributed by atoms with Crippen molar-refractivity contribution in [2.75, 3.05) is 6.54 Å². The van der Waals surface area contributed by atoms with Crippen molar-refractivity contribution in [3.05, 3.63) is 11.7 Å². The summed E-state index contributed by atoms with van der Waals surface area (Å²) < 4.78 is 5.43. The van der Waals surface area contributed by atoms with Gasteiger partial charge in [-0.15, -0.1) is 0 Å². The maximum absolute atomic E-state index is 5.63. The third-order valence-electron chi connectivity index (χ3n) is 4.41. The fourth-order valence-corrected chi connectivity index (χ4v) is 2.91. The lowest BCUT2D eigenvalue weighted by atomic mass is 9.80. The van der Waals surface area contributed by atoms with Crippen LogP contribution in [0, 0.1) is 5.92 Å². The second-order valence-corrected chi connectivity index (χ2v) is 5.99. The SMILES string of the molecule is CCCCC1CCC(c2nc(C(C)CN)no2)CC1. The Bertz CT molecular complexity index is 369. The molecule has 1 unspecified atom stereocenters. The molecule has 1 aliphatic rings. The van der Waals surface area contributed by atoms with E-state index in [2.05, 4.69) is 17.1 Å². The van der Waals surface area contributed by atoms with Crippen LogP contribution in [0.25, 0.3) is 0 Å². The maximum atomic E-state index is 5.63. The molecule has 2 rings (SSSR count). The summed E-state index contributed by atoms with van der Waals surface area (Å²) in [5, 5.41) is 4.06. The molecule has 1 aromatic heterocycles. The molecule has 4 heteroatoms. The van der Waals surface area contributed by atoms with Crippen LogP contribution in [0.15, 0.2) is 4.52 Å². The highest BCUT2D eigenvalue weighted by Gasteiger charge is 2.26. The third-order valence-corrected chi connectivity index (χ3v) is 4.41. The van der Waals surface area contributed by atoms with E-state index >= 15 is 0 Å². The first kappa shape index (κ1) is 14.5. The summed E-state index contributed by atoms with van der Waals surface area (Å²) in [6, 6.07) is 0. The van der Waals surface area contributed by atoms with Crippen molar-refractivity contribution in [3.63, 3.8) is 0 Å². The Balaban J connectivity index is 1.85. The van der Waals surface area contributed by atoms with Crippen LogP contribution in [0.1, 0.15) is 82.3 Å². The summed E-state index contributed by atoms with van der Waals surface area (Å²) in [7, 11) is 0. The van der Waals surface area contributed by atoms with Crippen molar-refractivity contribution in [2.45, 2.75) is 70.6 Å². The smallest absolute Gasteiger partial charge is 0.229 e. The van der Waals surface area contributed by atoms with E-state index in [1.165, 1.54) is 44.9 Å². The van der Waals surface area contributed by atoms with Gasteiger partial charge in [0.05, 0.1) is 0 Å². The van der Waals surface area contributed by atoms with Crippen molar-refractivity contribution in [1.82, 2.24) is 10.1 Å². The molecule has 2 N–H and O–H groups in total. The van der Waals surface area contributed by atoms with Crippen molar-refractivity contribution in [3.8, 4) is 0 Å². The Morgan fingerprint density at radius 2 is 2.05 bits per heavy atom. The molecule has 0 spiro atoms. The van der Waals surface area contributed by atoms with Gasteiger partial charge in [0.15, 0.2) is 5.82 Å². The number of rotatable bonds is 6. The molecular formula is C15H27N3O. The zero-order chi connectivity index (χ0) is 13.7. The topological polar surface area (TPSA) is 64.9 Å². The fraction of sp³-hybridized carbons (Fsp3) is 0.867. The van der Waals surface area contributed by atoms with Crippen molar-refractivity contribution in [2.24, 2.45) is 11.7 Å². The van der Waals surface area contributed by atoms with E-state index in [-0.39, 0.29) is 5.92 Å². The van der Waals surface area contributed by atoms with E-state index in [9.17, 15) is 0 Å². The van der Waals surface area contributed by atoms with Crippen molar-refractivity contribution in [1.29, 1.82) is 0 Å². The molecule has 1 heterocycles. The van der Waals surface area contributed by atoms with E-state index in [0.29, 0.717) is 12.5 Å². The third kappa shape index (κ3) is 3.78. The lowest BCUT2D eigenvalue weighted by Crippen LogP contribution is -2.14. The van der Waals surface area contributed by atoms with E-state index in [1.54, 1.807) is 0 Å². The van der Waals surface area contributed by atoms with Gasteiger partial charge in [0.25, 0.3) is 0 Å². The first-order valence-electron chi connectivity index (χ1n) is 7.78. The summed E-state index contributed by atoms with van der Waals surface area (Å²) >= 11 is 0. The Hall–Kier alpha value is -0.900. The lowest BCUT2D eigenvalue weighted by molar-refractivity contribution is 0.259. The Kier molecular flexibility index (Phi) is 5.37. The van der Waals surface area contributed by atoms with Gasteiger partial charge in [-0.05, 0) is 31.6 Å². The number of hydrogen-bond acceptors (Lipinski definition) is 4. The summed E-state index contributed by atoms with van der Waals surface area (Å²) in [5.74, 6) is 3.19. The van der Waals surface area contributed by atoms with Gasteiger partial charge in [-0.1, -0.05) is 38.3 Å². The standard InChI is InChI=1S/C15H27N3O/c1-3-4-5-12-6-8-13(9-7-12)15-17-14(18-19-15)11(2)10-16/h11-13H,3-10,16H2,1-2H3. The number of unbranched alkanes of at least 4 members (excludes halogenated alkanes) is 1. The zero-order valence-corrected chi connectivity index (χ0v) is 12.3. The monoisotopic (exact) mass is 265 g/mol. The summed E-state index contributed by atoms with van der Waals surface area (Å²) in [6.45, 7) is 4.88. The highest BCUT2D eigenvalue weighted by molar-refractivity contribution is 4.99. The van der Waals surface area contributed by atoms with E-state index in [1.807, 2.05) is 6.92 Å². The molecule has 0 saturated heterocycles. The molecule has 108 valence electrons. The molecule has 0 amide bonds. The summed E-state index contributed by atoms with van der Waals surface area (Å²) in [4.78, 5) is 4.53. The summed E-state index contributed by atoms with van der Waals surface area (Å²) in [6.07, 6.45) is 9.10. The quantitative estimate of drug-likeness (QED) is 0.853. The largest absolute Gasteiger partial charge is 0.339 e. The molecule has 1 fully saturated rings. The Morgan fingerprint density at radius 1 is 1.32 bits per heavy atom. The van der Waals surface area contributed by atoms with Gasteiger partial charge < -0.3 is 10.3 Å².